The Morgan fingerprint density at radius 2 is 1.81 bits per heavy atom. The van der Waals surface area contributed by atoms with E-state index in [0.717, 1.165) is 74.5 Å². The molecule has 4 atom stereocenters. The number of hydrogen-bond acceptors (Lipinski definition) is 5. The molecule has 3 saturated heterocycles. The van der Waals surface area contributed by atoms with Crippen LogP contribution in [-0.4, -0.2) is 105 Å². The van der Waals surface area contributed by atoms with E-state index >= 15 is 0 Å². The summed E-state index contributed by atoms with van der Waals surface area (Å²) in [6.45, 7) is 14.3. The van der Waals surface area contributed by atoms with E-state index in [9.17, 15) is 14.0 Å². The van der Waals surface area contributed by atoms with Gasteiger partial charge in [-0.25, -0.2) is 4.39 Å². The minimum absolute atomic E-state index is 0.0233. The van der Waals surface area contributed by atoms with E-state index < -0.39 is 5.82 Å². The second-order valence-electron chi connectivity index (χ2n) is 15.3. The Bertz CT molecular complexity index is 1670. The lowest BCUT2D eigenvalue weighted by Crippen LogP contribution is -2.52. The summed E-state index contributed by atoms with van der Waals surface area (Å²) in [5.41, 5.74) is 2.92. The molecule has 0 spiro atoms. The summed E-state index contributed by atoms with van der Waals surface area (Å²) >= 11 is 6.81. The Morgan fingerprint density at radius 3 is 2.48 bits per heavy atom. The number of fused-ring (bicyclic) bond motifs is 2. The van der Waals surface area contributed by atoms with Gasteiger partial charge in [0.05, 0.1) is 28.0 Å². The third-order valence-corrected chi connectivity index (χ3v) is 12.5. The van der Waals surface area contributed by atoms with Crippen molar-refractivity contribution in [1.29, 1.82) is 0 Å². The summed E-state index contributed by atoms with van der Waals surface area (Å²) in [5.74, 6) is 2.12. The van der Waals surface area contributed by atoms with Gasteiger partial charge in [-0.1, -0.05) is 18.5 Å². The predicted molar refractivity (Wildman–Crippen MR) is 188 cm³/mol. The largest absolute Gasteiger partial charge is 0.342 e. The van der Waals surface area contributed by atoms with Gasteiger partial charge in [-0.15, -0.1) is 0 Å². The highest BCUT2D eigenvalue weighted by Gasteiger charge is 2.47. The molecule has 48 heavy (non-hydrogen) atoms. The summed E-state index contributed by atoms with van der Waals surface area (Å²) in [5, 5.41) is 1.55. The van der Waals surface area contributed by atoms with Crippen LogP contribution >= 0.6 is 11.6 Å². The number of carbonyl (C=O) groups is 2. The van der Waals surface area contributed by atoms with E-state index in [4.69, 9.17) is 11.6 Å². The van der Waals surface area contributed by atoms with Gasteiger partial charge < -0.3 is 14.4 Å². The number of rotatable bonds is 9. The lowest BCUT2D eigenvalue weighted by Gasteiger charge is -2.47. The highest BCUT2D eigenvalue weighted by Crippen LogP contribution is 2.43. The van der Waals surface area contributed by atoms with Crippen LogP contribution in [0.4, 0.5) is 4.39 Å². The molecule has 1 aliphatic carbocycles. The molecule has 0 bridgehead atoms. The van der Waals surface area contributed by atoms with E-state index in [1.54, 1.807) is 37.3 Å². The van der Waals surface area contributed by atoms with Crippen LogP contribution in [0.25, 0.3) is 16.6 Å². The first kappa shape index (κ1) is 33.5. The first-order valence-electron chi connectivity index (χ1n) is 18.0. The SMILES string of the molecule is CCC(C1CC(N2C[C@H]3CN(C(C)=O)C[C@@H]3C2)C1)N1CC[C@@H](Cc2cn(-c3ccc(F)cc3C(=O)N(C)C(C)C)c3cncc(Cl)c23)C1. The standard InChI is InChI=1S/C38H50ClFN6O2/c1-6-34(26-12-31(13-26)45-20-28-18-44(24(4)47)19-29(28)21-45)43-10-9-25(17-43)11-27-22-46(36-16-41-15-33(39)37(27)36)35-8-7-30(40)14-32(35)38(48)42(5)23(2)3/h7-8,14-16,22-23,25-26,28-29,31,34H,6,9-13,17-21H2,1-5H3/t25-,26?,28+,29+,31?,34?/m0/s1. The molecule has 1 unspecified atom stereocenters. The van der Waals surface area contributed by atoms with Gasteiger partial charge in [-0.2, -0.15) is 0 Å². The molecule has 7 rings (SSSR count). The maximum absolute atomic E-state index is 14.5. The van der Waals surface area contributed by atoms with Crippen molar-refractivity contribution in [2.24, 2.45) is 23.7 Å². The van der Waals surface area contributed by atoms with E-state index in [-0.39, 0.29) is 17.9 Å². The summed E-state index contributed by atoms with van der Waals surface area (Å²) < 4.78 is 16.5. The minimum atomic E-state index is -0.439. The van der Waals surface area contributed by atoms with Crippen molar-refractivity contribution in [3.05, 3.63) is 58.8 Å². The zero-order chi connectivity index (χ0) is 33.9. The fraction of sp³-hybridized carbons (Fsp3) is 0.605. The second-order valence-corrected chi connectivity index (χ2v) is 15.7. The second kappa shape index (κ2) is 13.4. The minimum Gasteiger partial charge on any atom is -0.342 e. The maximum Gasteiger partial charge on any atom is 0.256 e. The number of likely N-dealkylation sites (tertiary alicyclic amines) is 3. The molecule has 1 saturated carbocycles. The van der Waals surface area contributed by atoms with E-state index in [2.05, 4.69) is 27.9 Å². The van der Waals surface area contributed by atoms with Gasteiger partial charge in [-0.3, -0.25) is 24.4 Å². The number of hydrogen-bond donors (Lipinski definition) is 0. The van der Waals surface area contributed by atoms with E-state index in [1.807, 2.05) is 23.3 Å². The molecule has 2 amide bonds. The van der Waals surface area contributed by atoms with Crippen LogP contribution in [0.3, 0.4) is 0 Å². The van der Waals surface area contributed by atoms with Gasteiger partial charge in [0.2, 0.25) is 5.91 Å². The molecule has 0 N–H and O–H groups in total. The molecule has 8 nitrogen and oxygen atoms in total. The predicted octanol–water partition coefficient (Wildman–Crippen LogP) is 6.13. The number of benzene rings is 1. The average Bonchev–Trinajstić information content (AvgIpc) is 3.82. The Hall–Kier alpha value is -3.01. The number of carbonyl (C=O) groups excluding carboxylic acids is 2. The zero-order valence-corrected chi connectivity index (χ0v) is 29.8. The van der Waals surface area contributed by atoms with Gasteiger partial charge in [0.25, 0.3) is 5.91 Å². The third-order valence-electron chi connectivity index (χ3n) is 12.2. The number of amides is 2. The molecular formula is C38H50ClFN6O2. The quantitative estimate of drug-likeness (QED) is 0.273. The monoisotopic (exact) mass is 676 g/mol. The molecule has 4 fully saturated rings. The molecule has 5 heterocycles. The Labute approximate surface area is 289 Å². The van der Waals surface area contributed by atoms with Gasteiger partial charge >= 0.3 is 0 Å². The molecule has 3 aliphatic heterocycles. The summed E-state index contributed by atoms with van der Waals surface area (Å²) in [4.78, 5) is 38.9. The van der Waals surface area contributed by atoms with Crippen molar-refractivity contribution >= 4 is 34.3 Å². The Morgan fingerprint density at radius 1 is 1.08 bits per heavy atom. The van der Waals surface area contributed by atoms with Gasteiger partial charge in [0.15, 0.2) is 0 Å². The van der Waals surface area contributed by atoms with Crippen LogP contribution in [0.2, 0.25) is 5.02 Å². The number of aromatic nitrogens is 2. The number of nitrogens with zero attached hydrogens (tertiary/aromatic N) is 6. The van der Waals surface area contributed by atoms with Crippen molar-refractivity contribution in [3.63, 3.8) is 0 Å². The lowest BCUT2D eigenvalue weighted by atomic mass is 9.73. The van der Waals surface area contributed by atoms with Crippen LogP contribution in [0.5, 0.6) is 0 Å². The highest BCUT2D eigenvalue weighted by atomic mass is 35.5. The Balaban J connectivity index is 1.04. The molecule has 2 aromatic heterocycles. The van der Waals surface area contributed by atoms with Crippen molar-refractivity contribution < 1.29 is 14.0 Å². The summed E-state index contributed by atoms with van der Waals surface area (Å²) in [6, 6.07) is 5.72. The normalized spacial score (nSPS) is 26.8. The Kier molecular flexibility index (Phi) is 9.32. The van der Waals surface area contributed by atoms with Crippen LogP contribution < -0.4 is 0 Å². The smallest absolute Gasteiger partial charge is 0.256 e. The fourth-order valence-electron chi connectivity index (χ4n) is 9.24. The molecular weight excluding hydrogens is 627 g/mol. The summed E-state index contributed by atoms with van der Waals surface area (Å²) in [7, 11) is 1.75. The van der Waals surface area contributed by atoms with Crippen molar-refractivity contribution in [1.82, 2.24) is 29.2 Å². The number of halogens is 2. The van der Waals surface area contributed by atoms with Crippen LogP contribution in [-0.2, 0) is 11.2 Å². The van der Waals surface area contributed by atoms with Gasteiger partial charge in [-0.05, 0) is 99.9 Å². The van der Waals surface area contributed by atoms with Gasteiger partial charge in [0.1, 0.15) is 5.82 Å². The zero-order valence-electron chi connectivity index (χ0n) is 29.0. The highest BCUT2D eigenvalue weighted by molar-refractivity contribution is 6.35. The van der Waals surface area contributed by atoms with Crippen molar-refractivity contribution in [2.45, 2.75) is 77.9 Å². The molecule has 1 aromatic carbocycles. The van der Waals surface area contributed by atoms with Crippen molar-refractivity contribution in [2.75, 3.05) is 46.3 Å². The molecule has 4 aliphatic rings. The van der Waals surface area contributed by atoms with E-state index in [0.29, 0.717) is 46.1 Å². The first-order chi connectivity index (χ1) is 23.0. The molecule has 10 heteroatoms. The maximum atomic E-state index is 14.5. The first-order valence-corrected chi connectivity index (χ1v) is 18.3. The average molecular weight is 677 g/mol. The molecule has 258 valence electrons. The molecule has 3 aromatic rings. The number of pyridine rings is 1. The van der Waals surface area contributed by atoms with E-state index in [1.165, 1.54) is 31.4 Å². The third kappa shape index (κ3) is 6.15. The van der Waals surface area contributed by atoms with Gasteiger partial charge in [0, 0.05) is 82.6 Å². The lowest BCUT2D eigenvalue weighted by molar-refractivity contribution is -0.128. The van der Waals surface area contributed by atoms with Crippen molar-refractivity contribution in [3.8, 4) is 5.69 Å². The van der Waals surface area contributed by atoms with Crippen LogP contribution in [0, 0.1) is 29.5 Å². The topological polar surface area (TPSA) is 64.9 Å². The van der Waals surface area contributed by atoms with Crippen LogP contribution in [0.15, 0.2) is 36.8 Å². The summed E-state index contributed by atoms with van der Waals surface area (Å²) in [6.07, 6.45) is 11.4. The fourth-order valence-corrected chi connectivity index (χ4v) is 9.52. The molecule has 0 radical (unpaired) electrons. The van der Waals surface area contributed by atoms with Crippen LogP contribution in [0.1, 0.15) is 69.3 Å².